The van der Waals surface area contributed by atoms with Gasteiger partial charge in [0.05, 0.1) is 5.56 Å². The van der Waals surface area contributed by atoms with Gasteiger partial charge in [-0.15, -0.1) is 0 Å². The number of hydrogen-bond donors (Lipinski definition) is 1. The zero-order valence-corrected chi connectivity index (χ0v) is 14.8. The van der Waals surface area contributed by atoms with Gasteiger partial charge in [0.15, 0.2) is 12.9 Å². The first-order chi connectivity index (χ1) is 12.7. The normalized spacial score (nSPS) is 10.5. The lowest BCUT2D eigenvalue weighted by molar-refractivity contribution is -0.123. The lowest BCUT2D eigenvalue weighted by Crippen LogP contribution is -2.30. The first-order valence-corrected chi connectivity index (χ1v) is 8.66. The summed E-state index contributed by atoms with van der Waals surface area (Å²) in [7, 11) is 0. The number of fused-ring (bicyclic) bond motifs is 1. The molecule has 0 heterocycles. The lowest BCUT2D eigenvalue weighted by atomic mass is 10.0. The quantitative estimate of drug-likeness (QED) is 0.641. The third-order valence-corrected chi connectivity index (χ3v) is 4.31. The number of nitrogens with one attached hydrogen (secondary N) is 1. The summed E-state index contributed by atoms with van der Waals surface area (Å²) < 4.78 is 5.56. The predicted molar refractivity (Wildman–Crippen MR) is 103 cm³/mol. The Hall–Kier alpha value is -2.85. The Labute approximate surface area is 156 Å². The molecule has 5 heteroatoms. The average molecular weight is 368 g/mol. The molecule has 1 amide bonds. The van der Waals surface area contributed by atoms with E-state index in [1.165, 1.54) is 0 Å². The molecule has 1 N–H and O–H groups in total. The molecule has 0 saturated heterocycles. The monoisotopic (exact) mass is 367 g/mol. The maximum atomic E-state index is 12.0. The van der Waals surface area contributed by atoms with Crippen LogP contribution in [0.5, 0.6) is 5.75 Å². The Balaban J connectivity index is 1.55. The minimum absolute atomic E-state index is 0.139. The highest BCUT2D eigenvalue weighted by Gasteiger charge is 2.10. The van der Waals surface area contributed by atoms with Crippen molar-refractivity contribution in [2.45, 2.75) is 6.42 Å². The number of benzene rings is 3. The largest absolute Gasteiger partial charge is 0.483 e. The SMILES string of the molecule is O=Cc1c(OCC(=O)NCCc2ccc(Cl)cc2)ccc2ccccc12. The summed E-state index contributed by atoms with van der Waals surface area (Å²) in [5.74, 6) is 0.176. The van der Waals surface area contributed by atoms with Crippen molar-refractivity contribution in [3.05, 3.63) is 76.8 Å². The average Bonchev–Trinajstić information content (AvgIpc) is 2.67. The molecule has 0 spiro atoms. The van der Waals surface area contributed by atoms with Crippen molar-refractivity contribution in [2.24, 2.45) is 0 Å². The van der Waals surface area contributed by atoms with Crippen LogP contribution in [-0.4, -0.2) is 25.3 Å². The van der Waals surface area contributed by atoms with E-state index in [1.54, 1.807) is 6.07 Å². The van der Waals surface area contributed by atoms with E-state index in [0.717, 1.165) is 22.6 Å². The summed E-state index contributed by atoms with van der Waals surface area (Å²) in [5.41, 5.74) is 1.55. The van der Waals surface area contributed by atoms with E-state index >= 15 is 0 Å². The predicted octanol–water partition coefficient (Wildman–Crippen LogP) is 4.04. The van der Waals surface area contributed by atoms with E-state index in [2.05, 4.69) is 5.32 Å². The molecular weight excluding hydrogens is 350 g/mol. The zero-order chi connectivity index (χ0) is 18.4. The van der Waals surface area contributed by atoms with Crippen molar-refractivity contribution in [2.75, 3.05) is 13.2 Å². The molecule has 0 aromatic heterocycles. The molecule has 0 aliphatic carbocycles. The summed E-state index contributed by atoms with van der Waals surface area (Å²) in [6.07, 6.45) is 1.47. The molecule has 0 aliphatic rings. The summed E-state index contributed by atoms with van der Waals surface area (Å²) in [4.78, 5) is 23.4. The number of carbonyl (C=O) groups is 2. The Morgan fingerprint density at radius 1 is 1.04 bits per heavy atom. The van der Waals surface area contributed by atoms with Crippen molar-refractivity contribution >= 4 is 34.6 Å². The van der Waals surface area contributed by atoms with Crippen LogP contribution in [0.15, 0.2) is 60.7 Å². The molecule has 3 aromatic carbocycles. The van der Waals surface area contributed by atoms with Crippen molar-refractivity contribution < 1.29 is 14.3 Å². The lowest BCUT2D eigenvalue weighted by Gasteiger charge is -2.11. The fraction of sp³-hybridized carbons (Fsp3) is 0.143. The third-order valence-electron chi connectivity index (χ3n) is 4.06. The Kier molecular flexibility index (Phi) is 5.87. The van der Waals surface area contributed by atoms with Crippen LogP contribution in [0.1, 0.15) is 15.9 Å². The zero-order valence-electron chi connectivity index (χ0n) is 14.1. The number of carbonyl (C=O) groups excluding carboxylic acids is 2. The van der Waals surface area contributed by atoms with E-state index < -0.39 is 0 Å². The molecule has 3 rings (SSSR count). The van der Waals surface area contributed by atoms with Gasteiger partial charge >= 0.3 is 0 Å². The van der Waals surface area contributed by atoms with E-state index in [0.29, 0.717) is 29.3 Å². The van der Waals surface area contributed by atoms with Crippen LogP contribution < -0.4 is 10.1 Å². The highest BCUT2D eigenvalue weighted by atomic mass is 35.5. The van der Waals surface area contributed by atoms with Gasteiger partial charge in [0.1, 0.15) is 5.75 Å². The number of hydrogen-bond acceptors (Lipinski definition) is 3. The summed E-state index contributed by atoms with van der Waals surface area (Å²) in [5, 5.41) is 5.25. The second-order valence-electron chi connectivity index (χ2n) is 5.83. The molecule has 0 aliphatic heterocycles. The van der Waals surface area contributed by atoms with Gasteiger partial charge in [-0.2, -0.15) is 0 Å². The van der Waals surface area contributed by atoms with E-state index in [-0.39, 0.29) is 12.5 Å². The molecule has 0 radical (unpaired) electrons. The maximum Gasteiger partial charge on any atom is 0.257 e. The van der Waals surface area contributed by atoms with Crippen LogP contribution >= 0.6 is 11.6 Å². The Bertz CT molecular complexity index is 922. The molecule has 3 aromatic rings. The minimum atomic E-state index is -0.232. The number of ether oxygens (including phenoxy) is 1. The van der Waals surface area contributed by atoms with Gasteiger partial charge < -0.3 is 10.1 Å². The van der Waals surface area contributed by atoms with Crippen LogP contribution in [0.25, 0.3) is 10.8 Å². The fourth-order valence-corrected chi connectivity index (χ4v) is 2.84. The van der Waals surface area contributed by atoms with E-state index in [9.17, 15) is 9.59 Å². The molecule has 0 atom stereocenters. The van der Waals surface area contributed by atoms with Crippen LogP contribution in [0.3, 0.4) is 0 Å². The Morgan fingerprint density at radius 3 is 2.58 bits per heavy atom. The van der Waals surface area contributed by atoms with Crippen LogP contribution in [-0.2, 0) is 11.2 Å². The molecule has 4 nitrogen and oxygen atoms in total. The summed E-state index contributed by atoms with van der Waals surface area (Å²) in [6.45, 7) is 0.363. The van der Waals surface area contributed by atoms with Crippen molar-refractivity contribution in [1.29, 1.82) is 0 Å². The van der Waals surface area contributed by atoms with E-state index in [1.807, 2.05) is 54.6 Å². The van der Waals surface area contributed by atoms with E-state index in [4.69, 9.17) is 16.3 Å². The molecule has 132 valence electrons. The molecular formula is C21H18ClNO3. The molecule has 0 fully saturated rings. The number of rotatable bonds is 7. The number of halogens is 1. The van der Waals surface area contributed by atoms with Gasteiger partial charge in [0.2, 0.25) is 0 Å². The molecule has 0 saturated carbocycles. The highest BCUT2D eigenvalue weighted by Crippen LogP contribution is 2.26. The van der Waals surface area contributed by atoms with Gasteiger partial charge in [-0.25, -0.2) is 0 Å². The van der Waals surface area contributed by atoms with Crippen molar-refractivity contribution in [3.63, 3.8) is 0 Å². The molecule has 26 heavy (non-hydrogen) atoms. The summed E-state index contributed by atoms with van der Waals surface area (Å²) >= 11 is 5.85. The van der Waals surface area contributed by atoms with Crippen LogP contribution in [0.2, 0.25) is 5.02 Å². The van der Waals surface area contributed by atoms with Gasteiger partial charge in [0, 0.05) is 11.6 Å². The van der Waals surface area contributed by atoms with Crippen LogP contribution in [0, 0.1) is 0 Å². The number of aldehydes is 1. The standard InChI is InChI=1S/C21H18ClNO3/c22-17-8-5-15(6-9-17)11-12-23-21(25)14-26-20-10-7-16-3-1-2-4-18(16)19(20)13-24/h1-10,13H,11-12,14H2,(H,23,25). The summed E-state index contributed by atoms with van der Waals surface area (Å²) in [6, 6.07) is 18.6. The smallest absolute Gasteiger partial charge is 0.257 e. The minimum Gasteiger partial charge on any atom is -0.483 e. The first-order valence-electron chi connectivity index (χ1n) is 8.28. The maximum absolute atomic E-state index is 12.0. The van der Waals surface area contributed by atoms with Crippen LogP contribution in [0.4, 0.5) is 0 Å². The second kappa shape index (κ2) is 8.50. The first kappa shape index (κ1) is 18.0. The topological polar surface area (TPSA) is 55.4 Å². The van der Waals surface area contributed by atoms with Gasteiger partial charge in [-0.1, -0.05) is 54.1 Å². The van der Waals surface area contributed by atoms with Crippen molar-refractivity contribution in [3.8, 4) is 5.75 Å². The highest BCUT2D eigenvalue weighted by molar-refractivity contribution is 6.30. The van der Waals surface area contributed by atoms with Gasteiger partial charge in [0.25, 0.3) is 5.91 Å². The third kappa shape index (κ3) is 4.41. The van der Waals surface area contributed by atoms with Gasteiger partial charge in [-0.05, 0) is 41.0 Å². The van der Waals surface area contributed by atoms with Crippen molar-refractivity contribution in [1.82, 2.24) is 5.32 Å². The fourth-order valence-electron chi connectivity index (χ4n) is 2.71. The second-order valence-corrected chi connectivity index (χ2v) is 6.27. The molecule has 0 bridgehead atoms. The van der Waals surface area contributed by atoms with Gasteiger partial charge in [-0.3, -0.25) is 9.59 Å². The Morgan fingerprint density at radius 2 is 1.81 bits per heavy atom. The number of amides is 1. The molecule has 0 unspecified atom stereocenters.